The largest absolute Gasteiger partial charge is 0.444 e. The Morgan fingerprint density at radius 2 is 1.61 bits per heavy atom. The zero-order valence-electron chi connectivity index (χ0n) is 28.4. The van der Waals surface area contributed by atoms with E-state index >= 15 is 0 Å². The number of nitrogens with one attached hydrogen (secondary N) is 3. The molecule has 3 rings (SSSR count). The van der Waals surface area contributed by atoms with Gasteiger partial charge in [0.15, 0.2) is 9.84 Å². The number of amides is 4. The molecule has 2 fully saturated rings. The lowest BCUT2D eigenvalue weighted by atomic mass is 9.85. The highest BCUT2D eigenvalue weighted by Crippen LogP contribution is 2.65. The molecule has 46 heavy (non-hydrogen) atoms. The van der Waals surface area contributed by atoms with Crippen LogP contribution in [0.1, 0.15) is 75.2 Å². The Morgan fingerprint density at radius 1 is 1.00 bits per heavy atom. The van der Waals surface area contributed by atoms with Gasteiger partial charge in [-0.15, -0.1) is 0 Å². The number of ketones is 1. The van der Waals surface area contributed by atoms with E-state index < -0.39 is 74.3 Å². The minimum atomic E-state index is -3.67. The van der Waals surface area contributed by atoms with Crippen molar-refractivity contribution >= 4 is 39.4 Å². The van der Waals surface area contributed by atoms with Crippen LogP contribution in [0.3, 0.4) is 0 Å². The van der Waals surface area contributed by atoms with E-state index in [0.29, 0.717) is 13.0 Å². The number of carbonyl (C=O) groups is 5. The minimum absolute atomic E-state index is 0.0459. The molecule has 0 spiro atoms. The molecule has 1 saturated carbocycles. The summed E-state index contributed by atoms with van der Waals surface area (Å²) in [6.45, 7) is 16.5. The summed E-state index contributed by atoms with van der Waals surface area (Å²) in [5.74, 6) is -3.41. The van der Waals surface area contributed by atoms with Crippen LogP contribution in [0.4, 0.5) is 4.79 Å². The predicted octanol–water partition coefficient (Wildman–Crippen LogP) is 2.85. The third kappa shape index (κ3) is 8.65. The number of rotatable bonds is 12. The fourth-order valence-corrected chi connectivity index (χ4v) is 7.34. The van der Waals surface area contributed by atoms with E-state index in [1.54, 1.807) is 45.9 Å². The fourth-order valence-electron chi connectivity index (χ4n) is 6.16. The number of Topliss-reactive ketones (excluding diaryl/α,β-unsaturated/α-hetero) is 1. The molecule has 5 atom stereocenters. The van der Waals surface area contributed by atoms with Crippen molar-refractivity contribution < 1.29 is 37.1 Å². The average Bonchev–Trinajstić information content (AvgIpc) is 3.26. The molecular formula is C33H50N4O8S. The summed E-state index contributed by atoms with van der Waals surface area (Å²) in [5, 5.41) is 7.81. The van der Waals surface area contributed by atoms with Crippen molar-refractivity contribution in [2.45, 2.75) is 104 Å². The molecule has 12 nitrogen and oxygen atoms in total. The second-order valence-corrected chi connectivity index (χ2v) is 17.0. The summed E-state index contributed by atoms with van der Waals surface area (Å²) in [7, 11) is -3.67. The van der Waals surface area contributed by atoms with Crippen LogP contribution in [0, 0.1) is 22.7 Å². The van der Waals surface area contributed by atoms with Crippen molar-refractivity contribution in [3.05, 3.63) is 30.3 Å². The maximum atomic E-state index is 14.0. The molecule has 256 valence electrons. The first-order valence-electron chi connectivity index (χ1n) is 15.8. The molecule has 1 aromatic rings. The lowest BCUT2D eigenvalue weighted by Gasteiger charge is -2.38. The molecule has 1 aliphatic carbocycles. The minimum Gasteiger partial charge on any atom is -0.444 e. The zero-order chi connectivity index (χ0) is 34.8. The van der Waals surface area contributed by atoms with Crippen LogP contribution in [-0.2, 0) is 33.8 Å². The number of benzene rings is 1. The number of nitrogens with zero attached hydrogens (tertiary/aromatic N) is 1. The molecule has 4 amide bonds. The van der Waals surface area contributed by atoms with Crippen molar-refractivity contribution in [3.63, 3.8) is 0 Å². The van der Waals surface area contributed by atoms with Crippen LogP contribution in [-0.4, -0.2) is 85.5 Å². The van der Waals surface area contributed by atoms with Gasteiger partial charge in [-0.1, -0.05) is 66.2 Å². The van der Waals surface area contributed by atoms with E-state index in [4.69, 9.17) is 4.74 Å². The zero-order valence-corrected chi connectivity index (χ0v) is 29.2. The smallest absolute Gasteiger partial charge is 0.408 e. The van der Waals surface area contributed by atoms with Gasteiger partial charge < -0.3 is 25.6 Å². The van der Waals surface area contributed by atoms with E-state index in [-0.39, 0.29) is 35.1 Å². The van der Waals surface area contributed by atoms with Crippen molar-refractivity contribution in [2.75, 3.05) is 18.8 Å². The first kappa shape index (κ1) is 37.0. The number of likely N-dealkylation sites (tertiary alicyclic amines) is 1. The number of sulfone groups is 1. The highest BCUT2D eigenvalue weighted by Gasteiger charge is 2.70. The van der Waals surface area contributed by atoms with Gasteiger partial charge in [-0.05, 0) is 62.0 Å². The number of hydrogen-bond acceptors (Lipinski definition) is 8. The van der Waals surface area contributed by atoms with Gasteiger partial charge in [0.05, 0.1) is 16.7 Å². The van der Waals surface area contributed by atoms with Crippen LogP contribution in [0.15, 0.2) is 35.2 Å². The molecule has 0 aromatic heterocycles. The topological polar surface area (TPSA) is 168 Å². The summed E-state index contributed by atoms with van der Waals surface area (Å²) >= 11 is 0. The van der Waals surface area contributed by atoms with Crippen LogP contribution < -0.4 is 16.0 Å². The molecular weight excluding hydrogens is 612 g/mol. The Labute approximate surface area is 272 Å². The molecule has 3 N–H and O–H groups in total. The number of fused-ring (bicyclic) bond motifs is 1. The fraction of sp³-hybridized carbons (Fsp3) is 0.667. The van der Waals surface area contributed by atoms with Crippen LogP contribution in [0.5, 0.6) is 0 Å². The highest BCUT2D eigenvalue weighted by molar-refractivity contribution is 7.91. The summed E-state index contributed by atoms with van der Waals surface area (Å²) in [5.41, 5.74) is -1.72. The average molecular weight is 663 g/mol. The van der Waals surface area contributed by atoms with E-state index in [1.165, 1.54) is 17.0 Å². The Bertz CT molecular complexity index is 1430. The van der Waals surface area contributed by atoms with Crippen molar-refractivity contribution in [1.82, 2.24) is 20.9 Å². The molecule has 1 heterocycles. The van der Waals surface area contributed by atoms with Gasteiger partial charge in [-0.3, -0.25) is 19.2 Å². The SMILES string of the molecule is CCC[C@@H](NC(=O)[C@@H]1[C@@H]2C(CN1C(=O)C(NC(=O)OC(C)(C)C)C(C)(C)C)C2(C)C)C(=O)C(=O)NCCS(=O)(=O)c1ccccc1. The maximum Gasteiger partial charge on any atom is 0.408 e. The standard InChI is InChI=1S/C33H50N4O8S/c1-10-14-22(25(38)28(40)34-17-18-46(43,44)20-15-12-11-13-16-20)35-27(39)24-23-21(33(23,8)9)19-37(24)29(41)26(31(2,3)4)36-30(42)45-32(5,6)7/h11-13,15-16,21-24,26H,10,14,17-19H2,1-9H3,(H,34,40)(H,35,39)(H,36,42)/t21?,22-,23+,24+,26?/m1/s1. The Morgan fingerprint density at radius 3 is 2.15 bits per heavy atom. The Balaban J connectivity index is 1.74. The second kappa shape index (κ2) is 13.7. The molecule has 13 heteroatoms. The molecule has 2 unspecified atom stereocenters. The van der Waals surface area contributed by atoms with Crippen LogP contribution in [0.2, 0.25) is 0 Å². The van der Waals surface area contributed by atoms with Crippen molar-refractivity contribution in [1.29, 1.82) is 0 Å². The van der Waals surface area contributed by atoms with E-state index in [2.05, 4.69) is 16.0 Å². The Hall–Kier alpha value is -3.48. The predicted molar refractivity (Wildman–Crippen MR) is 172 cm³/mol. The number of ether oxygens (including phenoxy) is 1. The van der Waals surface area contributed by atoms with Crippen LogP contribution in [0.25, 0.3) is 0 Å². The highest BCUT2D eigenvalue weighted by atomic mass is 32.2. The lowest BCUT2D eigenvalue weighted by molar-refractivity contribution is -0.145. The molecule has 1 saturated heterocycles. The van der Waals surface area contributed by atoms with Gasteiger partial charge in [0, 0.05) is 13.1 Å². The van der Waals surface area contributed by atoms with Gasteiger partial charge in [0.1, 0.15) is 17.7 Å². The normalized spacial score (nSPS) is 21.8. The summed E-state index contributed by atoms with van der Waals surface area (Å²) in [6, 6.07) is 4.71. The first-order chi connectivity index (χ1) is 21.1. The van der Waals surface area contributed by atoms with E-state index in [1.807, 2.05) is 34.6 Å². The van der Waals surface area contributed by atoms with Crippen LogP contribution >= 0.6 is 0 Å². The van der Waals surface area contributed by atoms with Gasteiger partial charge in [0.25, 0.3) is 5.91 Å². The van der Waals surface area contributed by atoms with Crippen molar-refractivity contribution in [3.8, 4) is 0 Å². The van der Waals surface area contributed by atoms with Gasteiger partial charge in [0.2, 0.25) is 17.6 Å². The van der Waals surface area contributed by atoms with Gasteiger partial charge >= 0.3 is 6.09 Å². The molecule has 1 aromatic carbocycles. The quantitative estimate of drug-likeness (QED) is 0.287. The second-order valence-electron chi connectivity index (χ2n) is 14.9. The summed E-state index contributed by atoms with van der Waals surface area (Å²) in [6.07, 6.45) is -0.102. The number of carbonyl (C=O) groups excluding carboxylic acids is 5. The van der Waals surface area contributed by atoms with Gasteiger partial charge in [-0.25, -0.2) is 13.2 Å². The number of alkyl carbamates (subject to hydrolysis) is 1. The molecule has 2 aliphatic rings. The van der Waals surface area contributed by atoms with Crippen molar-refractivity contribution in [2.24, 2.45) is 22.7 Å². The summed E-state index contributed by atoms with van der Waals surface area (Å²) < 4.78 is 30.5. The molecule has 0 bridgehead atoms. The summed E-state index contributed by atoms with van der Waals surface area (Å²) in [4.78, 5) is 68.2. The molecule has 1 aliphatic heterocycles. The number of piperidine rings is 1. The molecule has 0 radical (unpaired) electrons. The van der Waals surface area contributed by atoms with E-state index in [0.717, 1.165) is 0 Å². The third-order valence-electron chi connectivity index (χ3n) is 8.73. The number of hydrogen-bond donors (Lipinski definition) is 3. The van der Waals surface area contributed by atoms with E-state index in [9.17, 15) is 32.4 Å². The first-order valence-corrected chi connectivity index (χ1v) is 17.5. The lowest BCUT2D eigenvalue weighted by Crippen LogP contribution is -2.60. The maximum absolute atomic E-state index is 14.0. The third-order valence-corrected chi connectivity index (χ3v) is 10.5. The monoisotopic (exact) mass is 662 g/mol. The van der Waals surface area contributed by atoms with Gasteiger partial charge in [-0.2, -0.15) is 0 Å². The Kier molecular flexibility index (Phi) is 11.0.